The summed E-state index contributed by atoms with van der Waals surface area (Å²) in [4.78, 5) is 15.3. The molecule has 152 valence electrons. The first-order chi connectivity index (χ1) is 15.2. The summed E-state index contributed by atoms with van der Waals surface area (Å²) < 4.78 is 0. The summed E-state index contributed by atoms with van der Waals surface area (Å²) in [6.45, 7) is 4.81. The van der Waals surface area contributed by atoms with Gasteiger partial charge < -0.3 is 9.80 Å². The second kappa shape index (κ2) is 5.64. The highest BCUT2D eigenvalue weighted by Gasteiger charge is 2.74. The fraction of sp³-hybridized carbons (Fsp3) is 0.259. The van der Waals surface area contributed by atoms with E-state index in [4.69, 9.17) is 9.97 Å². The molecule has 7 rings (SSSR count). The highest BCUT2D eigenvalue weighted by Crippen LogP contribution is 2.76. The van der Waals surface area contributed by atoms with Crippen LogP contribution < -0.4 is 9.80 Å². The van der Waals surface area contributed by atoms with E-state index in [9.17, 15) is 0 Å². The zero-order chi connectivity index (χ0) is 20.8. The van der Waals surface area contributed by atoms with E-state index in [0.717, 1.165) is 29.1 Å². The Kier molecular flexibility index (Phi) is 3.15. The lowest BCUT2D eigenvalue weighted by Crippen LogP contribution is -2.50. The first-order valence-electron chi connectivity index (χ1n) is 11.2. The van der Waals surface area contributed by atoms with E-state index in [1.807, 2.05) is 12.1 Å². The van der Waals surface area contributed by atoms with Gasteiger partial charge in [0.2, 0.25) is 0 Å². The van der Waals surface area contributed by atoms with Crippen molar-refractivity contribution in [2.45, 2.75) is 38.3 Å². The van der Waals surface area contributed by atoms with Crippen molar-refractivity contribution in [2.24, 2.45) is 5.41 Å². The second-order valence-corrected chi connectivity index (χ2v) is 9.36. The lowest BCUT2D eigenvalue weighted by Gasteiger charge is -2.44. The van der Waals surface area contributed by atoms with Crippen molar-refractivity contribution in [1.29, 1.82) is 0 Å². The van der Waals surface area contributed by atoms with Gasteiger partial charge in [-0.2, -0.15) is 0 Å². The predicted molar refractivity (Wildman–Crippen MR) is 125 cm³/mol. The molecule has 2 aliphatic heterocycles. The van der Waals surface area contributed by atoms with Crippen molar-refractivity contribution in [3.05, 3.63) is 84.4 Å². The number of rotatable bonds is 2. The van der Waals surface area contributed by atoms with Crippen LogP contribution >= 0.6 is 0 Å². The highest BCUT2D eigenvalue weighted by atomic mass is 15.5. The Bertz CT molecular complexity index is 1350. The molecular formula is C27H24N4. The van der Waals surface area contributed by atoms with Gasteiger partial charge in [-0.1, -0.05) is 62.4 Å². The van der Waals surface area contributed by atoms with Crippen molar-refractivity contribution in [2.75, 3.05) is 9.80 Å². The van der Waals surface area contributed by atoms with E-state index in [0.29, 0.717) is 0 Å². The molecule has 4 aromatic rings. The average molecular weight is 405 g/mol. The van der Waals surface area contributed by atoms with Crippen LogP contribution in [0.5, 0.6) is 0 Å². The smallest absolute Gasteiger partial charge is 0.179 e. The third-order valence-corrected chi connectivity index (χ3v) is 8.00. The fourth-order valence-corrected chi connectivity index (χ4v) is 6.45. The molecule has 4 nitrogen and oxygen atoms in total. The van der Waals surface area contributed by atoms with Gasteiger partial charge in [0.15, 0.2) is 11.6 Å². The standard InChI is InChI=1S/C27H24N4/c1-3-27-17-26(27,2)25-30(18-11-5-4-6-12-18)23-24(29-21-15-9-8-14-20(21)28-23)31(25)22-16-10-7-13-19(22)27/h4-16,25H,3,17H2,1-2H3. The molecule has 1 saturated carbocycles. The first-order valence-corrected chi connectivity index (χ1v) is 11.2. The number of nitrogens with zero attached hydrogens (tertiary/aromatic N) is 4. The maximum Gasteiger partial charge on any atom is 0.179 e. The lowest BCUT2D eigenvalue weighted by atomic mass is 9.78. The van der Waals surface area contributed by atoms with Crippen LogP contribution in [0.1, 0.15) is 32.3 Å². The molecule has 0 spiro atoms. The molecule has 1 aliphatic carbocycles. The zero-order valence-electron chi connectivity index (χ0n) is 17.8. The van der Waals surface area contributed by atoms with Crippen LogP contribution in [0.15, 0.2) is 78.9 Å². The molecule has 31 heavy (non-hydrogen) atoms. The molecule has 0 amide bonds. The van der Waals surface area contributed by atoms with Crippen molar-refractivity contribution >= 4 is 34.0 Å². The molecule has 3 atom stereocenters. The molecule has 4 heteroatoms. The fourth-order valence-electron chi connectivity index (χ4n) is 6.45. The highest BCUT2D eigenvalue weighted by molar-refractivity contribution is 5.92. The maximum absolute atomic E-state index is 5.17. The van der Waals surface area contributed by atoms with Crippen LogP contribution in [-0.2, 0) is 5.41 Å². The number of para-hydroxylation sites is 4. The van der Waals surface area contributed by atoms with Gasteiger partial charge in [-0.25, -0.2) is 9.97 Å². The number of hydrogen-bond donors (Lipinski definition) is 0. The van der Waals surface area contributed by atoms with Crippen LogP contribution in [0.25, 0.3) is 11.0 Å². The van der Waals surface area contributed by atoms with Gasteiger partial charge in [0.05, 0.1) is 11.0 Å². The third-order valence-electron chi connectivity index (χ3n) is 8.00. The van der Waals surface area contributed by atoms with Gasteiger partial charge in [0, 0.05) is 22.2 Å². The lowest BCUT2D eigenvalue weighted by molar-refractivity contribution is 0.351. The van der Waals surface area contributed by atoms with E-state index in [1.54, 1.807) is 0 Å². The van der Waals surface area contributed by atoms with E-state index in [1.165, 1.54) is 23.4 Å². The van der Waals surface area contributed by atoms with E-state index in [2.05, 4.69) is 90.4 Å². The number of hydrogen-bond acceptors (Lipinski definition) is 4. The maximum atomic E-state index is 5.17. The minimum Gasteiger partial charge on any atom is -0.301 e. The van der Waals surface area contributed by atoms with Crippen molar-refractivity contribution < 1.29 is 0 Å². The Balaban J connectivity index is 1.57. The van der Waals surface area contributed by atoms with Crippen molar-refractivity contribution in [1.82, 2.24) is 9.97 Å². The van der Waals surface area contributed by atoms with Crippen molar-refractivity contribution in [3.8, 4) is 0 Å². The van der Waals surface area contributed by atoms with E-state index >= 15 is 0 Å². The molecule has 0 radical (unpaired) electrons. The Labute approximate surface area is 182 Å². The largest absolute Gasteiger partial charge is 0.301 e. The van der Waals surface area contributed by atoms with Gasteiger partial charge in [0.1, 0.15) is 6.17 Å². The Hall–Kier alpha value is -3.40. The molecule has 1 aromatic heterocycles. The Morgan fingerprint density at radius 1 is 0.806 bits per heavy atom. The Morgan fingerprint density at radius 2 is 1.42 bits per heavy atom. The monoisotopic (exact) mass is 404 g/mol. The van der Waals surface area contributed by atoms with Crippen LogP contribution in [0.3, 0.4) is 0 Å². The SMILES string of the molecule is CCC12CC1(C)C1N(c3ccccc3)c3nc4ccccc4nc3N1c1ccccc12. The summed E-state index contributed by atoms with van der Waals surface area (Å²) in [7, 11) is 0. The van der Waals surface area contributed by atoms with Gasteiger partial charge in [0.25, 0.3) is 0 Å². The number of benzene rings is 3. The molecule has 0 saturated heterocycles. The molecule has 3 aromatic carbocycles. The molecule has 0 N–H and O–H groups in total. The molecule has 0 bridgehead atoms. The predicted octanol–water partition coefficient (Wildman–Crippen LogP) is 6.32. The number of fused-ring (bicyclic) bond motifs is 9. The van der Waals surface area contributed by atoms with Crippen LogP contribution in [0.4, 0.5) is 23.0 Å². The zero-order valence-corrected chi connectivity index (χ0v) is 17.8. The van der Waals surface area contributed by atoms with E-state index < -0.39 is 0 Å². The summed E-state index contributed by atoms with van der Waals surface area (Å²) in [6, 6.07) is 27.9. The molecular weight excluding hydrogens is 380 g/mol. The average Bonchev–Trinajstić information content (AvgIpc) is 3.34. The van der Waals surface area contributed by atoms with Gasteiger partial charge in [-0.15, -0.1) is 0 Å². The first kappa shape index (κ1) is 17.3. The number of aromatic nitrogens is 2. The van der Waals surface area contributed by atoms with Gasteiger partial charge in [-0.05, 0) is 48.7 Å². The second-order valence-electron chi connectivity index (χ2n) is 9.36. The molecule has 1 fully saturated rings. The van der Waals surface area contributed by atoms with Gasteiger partial charge >= 0.3 is 0 Å². The van der Waals surface area contributed by atoms with Crippen LogP contribution in [-0.4, -0.2) is 16.1 Å². The summed E-state index contributed by atoms with van der Waals surface area (Å²) in [5.74, 6) is 1.93. The van der Waals surface area contributed by atoms with Crippen LogP contribution in [0.2, 0.25) is 0 Å². The normalized spacial score (nSPS) is 27.5. The Morgan fingerprint density at radius 3 is 2.13 bits per heavy atom. The minimum absolute atomic E-state index is 0.126. The van der Waals surface area contributed by atoms with Gasteiger partial charge in [-0.3, -0.25) is 0 Å². The summed E-state index contributed by atoms with van der Waals surface area (Å²) in [5, 5.41) is 0. The summed E-state index contributed by atoms with van der Waals surface area (Å²) in [6.07, 6.45) is 2.50. The van der Waals surface area contributed by atoms with Crippen LogP contribution in [0, 0.1) is 5.41 Å². The third kappa shape index (κ3) is 1.96. The molecule has 3 heterocycles. The summed E-state index contributed by atoms with van der Waals surface area (Å²) in [5.41, 5.74) is 6.15. The minimum atomic E-state index is 0.126. The topological polar surface area (TPSA) is 32.3 Å². The summed E-state index contributed by atoms with van der Waals surface area (Å²) >= 11 is 0. The molecule has 3 unspecified atom stereocenters. The van der Waals surface area contributed by atoms with Crippen molar-refractivity contribution in [3.63, 3.8) is 0 Å². The quantitative estimate of drug-likeness (QED) is 0.391. The number of anilines is 4. The van der Waals surface area contributed by atoms with E-state index in [-0.39, 0.29) is 17.0 Å². The molecule has 3 aliphatic rings.